The fourth-order valence-corrected chi connectivity index (χ4v) is 6.60. The first-order valence-corrected chi connectivity index (χ1v) is 13.4. The standard InChI is InChI=1S/C27H25F5N4O3S/c1-4-21(37)34-7-8-35(14(2)11-34)25-18-10-19(27(30,31)32)22(17-6-5-15(28)9-20(17)29)24-23(18)36(26(38)33-25)12-16(39-3)13-40-24/h4-6,9-10,14,16H,1,7-8,11-13H2,2-3H3/t14-,16?/m0/s1. The van der Waals surface area contributed by atoms with Gasteiger partial charge < -0.3 is 14.5 Å². The maximum atomic E-state index is 15.0. The maximum Gasteiger partial charge on any atom is 0.417 e. The average Bonchev–Trinajstić information content (AvgIpc) is 3.10. The Morgan fingerprint density at radius 1 is 1.20 bits per heavy atom. The lowest BCUT2D eigenvalue weighted by Crippen LogP contribution is -2.54. The molecule has 2 atom stereocenters. The first-order chi connectivity index (χ1) is 18.9. The Morgan fingerprint density at radius 3 is 2.58 bits per heavy atom. The van der Waals surface area contributed by atoms with E-state index in [1.807, 2.05) is 0 Å². The molecule has 0 bridgehead atoms. The normalized spacial score (nSPS) is 19.6. The minimum atomic E-state index is -4.92. The van der Waals surface area contributed by atoms with Crippen molar-refractivity contribution in [2.45, 2.75) is 36.7 Å². The Balaban J connectivity index is 1.84. The van der Waals surface area contributed by atoms with Gasteiger partial charge in [-0.25, -0.2) is 13.6 Å². The number of amides is 1. The lowest BCUT2D eigenvalue weighted by molar-refractivity contribution is -0.137. The van der Waals surface area contributed by atoms with Gasteiger partial charge >= 0.3 is 11.9 Å². The molecule has 1 fully saturated rings. The Labute approximate surface area is 230 Å². The predicted octanol–water partition coefficient (Wildman–Crippen LogP) is 4.70. The fraction of sp³-hybridized carbons (Fsp3) is 0.370. The number of aromatic nitrogens is 2. The Kier molecular flexibility index (Phi) is 7.38. The van der Waals surface area contributed by atoms with Gasteiger partial charge in [-0.05, 0) is 31.2 Å². The van der Waals surface area contributed by atoms with Crippen molar-refractivity contribution in [1.29, 1.82) is 0 Å². The van der Waals surface area contributed by atoms with Crippen LogP contribution in [-0.2, 0) is 22.3 Å². The van der Waals surface area contributed by atoms with Crippen LogP contribution in [0.3, 0.4) is 0 Å². The quantitative estimate of drug-likeness (QED) is 0.329. The molecule has 0 spiro atoms. The molecule has 0 radical (unpaired) electrons. The summed E-state index contributed by atoms with van der Waals surface area (Å²) in [5, 5.41) is 0.0628. The molecule has 0 aliphatic carbocycles. The molecule has 0 N–H and O–H groups in total. The Hall–Kier alpha value is -3.45. The molecule has 3 heterocycles. The molecule has 2 aliphatic rings. The highest BCUT2D eigenvalue weighted by Gasteiger charge is 2.39. The van der Waals surface area contributed by atoms with Crippen molar-refractivity contribution >= 4 is 34.4 Å². The van der Waals surface area contributed by atoms with Gasteiger partial charge in [-0.3, -0.25) is 9.36 Å². The second-order valence-electron chi connectivity index (χ2n) is 9.67. The molecule has 13 heteroatoms. The number of carbonyl (C=O) groups is 1. The van der Waals surface area contributed by atoms with Crippen molar-refractivity contribution in [1.82, 2.24) is 14.5 Å². The number of piperazine rings is 1. The van der Waals surface area contributed by atoms with Gasteiger partial charge in [0.15, 0.2) is 0 Å². The van der Waals surface area contributed by atoms with E-state index in [4.69, 9.17) is 4.74 Å². The predicted molar refractivity (Wildman–Crippen MR) is 141 cm³/mol. The third-order valence-corrected chi connectivity index (χ3v) is 8.45. The zero-order chi connectivity index (χ0) is 28.9. The summed E-state index contributed by atoms with van der Waals surface area (Å²) < 4.78 is 79.5. The average molecular weight is 581 g/mol. The summed E-state index contributed by atoms with van der Waals surface area (Å²) in [5.41, 5.74) is -2.57. The van der Waals surface area contributed by atoms with Gasteiger partial charge in [-0.15, -0.1) is 11.8 Å². The van der Waals surface area contributed by atoms with Crippen LogP contribution < -0.4 is 10.6 Å². The SMILES string of the molecule is C=CC(=O)N1CCN(c2nc(=O)n3c4c(c(-c5ccc(F)cc5F)c(C(F)(F)F)cc24)SCC(OC)C3)[C@@H](C)C1. The Morgan fingerprint density at radius 2 is 1.95 bits per heavy atom. The van der Waals surface area contributed by atoms with Gasteiger partial charge in [0.05, 0.1) is 23.7 Å². The molecular formula is C27H25F5N4O3S. The van der Waals surface area contributed by atoms with Crippen LogP contribution in [0.15, 0.2) is 46.6 Å². The number of nitrogens with zero attached hydrogens (tertiary/aromatic N) is 4. The van der Waals surface area contributed by atoms with Crippen molar-refractivity contribution in [3.05, 3.63) is 64.6 Å². The fourth-order valence-electron chi connectivity index (χ4n) is 5.28. The highest BCUT2D eigenvalue weighted by atomic mass is 32.2. The summed E-state index contributed by atoms with van der Waals surface area (Å²) in [7, 11) is 1.43. The first-order valence-electron chi connectivity index (χ1n) is 12.4. The van der Waals surface area contributed by atoms with E-state index in [2.05, 4.69) is 11.6 Å². The molecule has 1 unspecified atom stereocenters. The van der Waals surface area contributed by atoms with Crippen molar-refractivity contribution in [2.24, 2.45) is 0 Å². The van der Waals surface area contributed by atoms with Crippen molar-refractivity contribution in [3.63, 3.8) is 0 Å². The van der Waals surface area contributed by atoms with Crippen molar-refractivity contribution in [3.8, 4) is 11.1 Å². The number of benzene rings is 2. The van der Waals surface area contributed by atoms with E-state index in [1.165, 1.54) is 17.8 Å². The van der Waals surface area contributed by atoms with Crippen LogP contribution in [-0.4, -0.2) is 65.0 Å². The molecule has 2 aromatic carbocycles. The smallest absolute Gasteiger partial charge is 0.379 e. The van der Waals surface area contributed by atoms with E-state index in [0.717, 1.165) is 30.0 Å². The number of anilines is 1. The third kappa shape index (κ3) is 4.85. The molecule has 2 aliphatic heterocycles. The number of ether oxygens (including phenoxy) is 1. The third-order valence-electron chi connectivity index (χ3n) is 7.22. The summed E-state index contributed by atoms with van der Waals surface area (Å²) in [5.74, 6) is -2.14. The number of thioether (sulfide) groups is 1. The molecule has 5 rings (SSSR count). The zero-order valence-electron chi connectivity index (χ0n) is 21.6. The molecule has 1 aromatic heterocycles. The van der Waals surface area contributed by atoms with Crippen LogP contribution in [0.2, 0.25) is 0 Å². The second-order valence-corrected chi connectivity index (χ2v) is 10.7. The van der Waals surface area contributed by atoms with Crippen LogP contribution >= 0.6 is 11.8 Å². The van der Waals surface area contributed by atoms with E-state index in [1.54, 1.807) is 16.7 Å². The van der Waals surface area contributed by atoms with E-state index >= 15 is 4.39 Å². The number of methoxy groups -OCH3 is 1. The van der Waals surface area contributed by atoms with Gasteiger partial charge in [-0.1, -0.05) is 6.58 Å². The lowest BCUT2D eigenvalue weighted by Gasteiger charge is -2.40. The van der Waals surface area contributed by atoms with E-state index in [9.17, 15) is 27.2 Å². The van der Waals surface area contributed by atoms with Crippen LogP contribution in [0.25, 0.3) is 22.0 Å². The van der Waals surface area contributed by atoms with Crippen LogP contribution in [0.4, 0.5) is 27.8 Å². The minimum Gasteiger partial charge on any atom is -0.379 e. The van der Waals surface area contributed by atoms with Crippen LogP contribution in [0.5, 0.6) is 0 Å². The Bertz CT molecular complexity index is 1570. The summed E-state index contributed by atoms with van der Waals surface area (Å²) in [4.78, 5) is 33.1. The summed E-state index contributed by atoms with van der Waals surface area (Å²) in [6, 6.07) is 2.89. The van der Waals surface area contributed by atoms with Crippen molar-refractivity contribution < 1.29 is 31.5 Å². The zero-order valence-corrected chi connectivity index (χ0v) is 22.4. The molecule has 212 valence electrons. The number of hydrogen-bond acceptors (Lipinski definition) is 6. The lowest BCUT2D eigenvalue weighted by atomic mass is 9.95. The number of hydrogen-bond donors (Lipinski definition) is 0. The minimum absolute atomic E-state index is 0.0208. The number of rotatable bonds is 4. The molecule has 0 saturated carbocycles. The second kappa shape index (κ2) is 10.5. The van der Waals surface area contributed by atoms with Gasteiger partial charge in [0.25, 0.3) is 0 Å². The number of alkyl halides is 3. The van der Waals surface area contributed by atoms with E-state index in [-0.39, 0.29) is 65.5 Å². The number of halogens is 5. The highest BCUT2D eigenvalue weighted by molar-refractivity contribution is 7.99. The molecular weight excluding hydrogens is 555 g/mol. The molecule has 7 nitrogen and oxygen atoms in total. The monoisotopic (exact) mass is 580 g/mol. The van der Waals surface area contributed by atoms with Gasteiger partial charge in [0.2, 0.25) is 5.91 Å². The maximum absolute atomic E-state index is 15.0. The van der Waals surface area contributed by atoms with Crippen molar-refractivity contribution in [2.75, 3.05) is 37.4 Å². The molecule has 40 heavy (non-hydrogen) atoms. The first kappa shape index (κ1) is 28.1. The van der Waals surface area contributed by atoms with Gasteiger partial charge in [0, 0.05) is 66.0 Å². The van der Waals surface area contributed by atoms with Crippen LogP contribution in [0, 0.1) is 11.6 Å². The summed E-state index contributed by atoms with van der Waals surface area (Å²) in [6.07, 6.45) is -4.28. The van der Waals surface area contributed by atoms with E-state index in [0.29, 0.717) is 6.07 Å². The van der Waals surface area contributed by atoms with Gasteiger partial charge in [-0.2, -0.15) is 18.2 Å². The van der Waals surface area contributed by atoms with Gasteiger partial charge in [0.1, 0.15) is 17.5 Å². The highest BCUT2D eigenvalue weighted by Crippen LogP contribution is 2.49. The number of carbonyl (C=O) groups excluding carboxylic acids is 1. The molecule has 1 saturated heterocycles. The van der Waals surface area contributed by atoms with E-state index < -0.39 is 46.3 Å². The topological polar surface area (TPSA) is 67.7 Å². The summed E-state index contributed by atoms with van der Waals surface area (Å²) >= 11 is 1.02. The largest absolute Gasteiger partial charge is 0.417 e. The van der Waals surface area contributed by atoms with Crippen LogP contribution in [0.1, 0.15) is 12.5 Å². The summed E-state index contributed by atoms with van der Waals surface area (Å²) in [6.45, 7) is 6.01. The molecule has 3 aromatic rings. The molecule has 1 amide bonds.